The number of aromatic nitrogens is 5. The molecule has 88 valence electrons. The number of tetrazole rings is 1. The van der Waals surface area contributed by atoms with Gasteiger partial charge in [-0.2, -0.15) is 4.80 Å². The van der Waals surface area contributed by atoms with E-state index in [-0.39, 0.29) is 11.5 Å². The van der Waals surface area contributed by atoms with Crippen LogP contribution < -0.4 is 5.32 Å². The zero-order valence-corrected chi connectivity index (χ0v) is 9.93. The number of nitrogens with zero attached hydrogens (tertiary/aromatic N) is 5. The number of aryl methyl sites for hydroxylation is 2. The minimum absolute atomic E-state index is 0.120. The topological polar surface area (TPSA) is 85.6 Å². The molecule has 0 atom stereocenters. The van der Waals surface area contributed by atoms with Gasteiger partial charge in [-0.3, -0.25) is 15.1 Å². The monoisotopic (exact) mass is 252 g/mol. The van der Waals surface area contributed by atoms with Crippen LogP contribution in [-0.2, 0) is 7.05 Å². The summed E-state index contributed by atoms with van der Waals surface area (Å²) in [5.41, 5.74) is 1.01. The third-order valence-electron chi connectivity index (χ3n) is 1.97. The number of halogens is 1. The third-order valence-corrected chi connectivity index (χ3v) is 2.28. The number of nitrogens with one attached hydrogen (secondary N) is 1. The smallest absolute Gasteiger partial charge is 0.270 e. The summed E-state index contributed by atoms with van der Waals surface area (Å²) in [5, 5.41) is 13.9. The van der Waals surface area contributed by atoms with Crippen molar-refractivity contribution in [3.8, 4) is 0 Å². The molecule has 0 spiro atoms. The van der Waals surface area contributed by atoms with Gasteiger partial charge in [-0.25, -0.2) is 0 Å². The Hall–Kier alpha value is -2.02. The third kappa shape index (κ3) is 2.56. The Morgan fingerprint density at radius 1 is 1.53 bits per heavy atom. The Labute approximate surface area is 102 Å². The Balaban J connectivity index is 2.20. The molecule has 1 amide bonds. The second-order valence-corrected chi connectivity index (χ2v) is 3.77. The molecule has 2 aromatic heterocycles. The van der Waals surface area contributed by atoms with E-state index in [1.165, 1.54) is 11.0 Å². The fourth-order valence-corrected chi connectivity index (χ4v) is 1.49. The number of carbonyl (C=O) groups is 1. The van der Waals surface area contributed by atoms with E-state index in [1.807, 2.05) is 0 Å². The first-order valence-corrected chi connectivity index (χ1v) is 5.11. The van der Waals surface area contributed by atoms with Crippen molar-refractivity contribution in [3.63, 3.8) is 0 Å². The van der Waals surface area contributed by atoms with Crippen LogP contribution in [-0.4, -0.2) is 31.1 Å². The van der Waals surface area contributed by atoms with E-state index in [4.69, 9.17) is 11.6 Å². The van der Waals surface area contributed by atoms with Gasteiger partial charge in [-0.05, 0) is 18.2 Å². The van der Waals surface area contributed by atoms with Crippen LogP contribution in [0.1, 0.15) is 16.1 Å². The van der Waals surface area contributed by atoms with E-state index in [9.17, 15) is 4.79 Å². The molecule has 0 saturated heterocycles. The Morgan fingerprint density at radius 3 is 2.88 bits per heavy atom. The summed E-state index contributed by atoms with van der Waals surface area (Å²) in [5.74, 6) is -0.301. The summed E-state index contributed by atoms with van der Waals surface area (Å²) in [6.45, 7) is 1.79. The fourth-order valence-electron chi connectivity index (χ4n) is 1.20. The van der Waals surface area contributed by atoms with E-state index in [0.717, 1.165) is 5.69 Å². The number of rotatable bonds is 2. The number of anilines is 1. The van der Waals surface area contributed by atoms with Crippen molar-refractivity contribution in [1.82, 2.24) is 25.2 Å². The van der Waals surface area contributed by atoms with E-state index >= 15 is 0 Å². The van der Waals surface area contributed by atoms with Crippen molar-refractivity contribution in [2.75, 3.05) is 5.32 Å². The lowest BCUT2D eigenvalue weighted by Crippen LogP contribution is -2.14. The minimum atomic E-state index is -0.421. The number of hydrogen-bond donors (Lipinski definition) is 1. The van der Waals surface area contributed by atoms with Crippen molar-refractivity contribution in [2.45, 2.75) is 6.92 Å². The molecule has 8 heteroatoms. The number of amides is 1. The maximum atomic E-state index is 11.8. The van der Waals surface area contributed by atoms with Gasteiger partial charge < -0.3 is 0 Å². The lowest BCUT2D eigenvalue weighted by Gasteiger charge is -2.03. The van der Waals surface area contributed by atoms with Crippen molar-refractivity contribution < 1.29 is 4.79 Å². The molecule has 1 N–H and O–H groups in total. The molecular formula is C9H9ClN6O. The molecule has 0 bridgehead atoms. The van der Waals surface area contributed by atoms with Crippen LogP contribution in [0.25, 0.3) is 0 Å². The lowest BCUT2D eigenvalue weighted by atomic mass is 10.2. The van der Waals surface area contributed by atoms with Crippen molar-refractivity contribution in [1.29, 1.82) is 0 Å². The van der Waals surface area contributed by atoms with E-state index in [2.05, 4.69) is 25.7 Å². The van der Waals surface area contributed by atoms with Crippen LogP contribution in [0.5, 0.6) is 0 Å². The molecule has 0 unspecified atom stereocenters. The number of hydrogen-bond acceptors (Lipinski definition) is 5. The first-order chi connectivity index (χ1) is 8.06. The quantitative estimate of drug-likeness (QED) is 0.855. The molecule has 17 heavy (non-hydrogen) atoms. The van der Waals surface area contributed by atoms with Crippen molar-refractivity contribution in [3.05, 3.63) is 28.5 Å². The molecule has 0 radical (unpaired) electrons. The number of carbonyl (C=O) groups excluding carboxylic acids is 1. The van der Waals surface area contributed by atoms with Crippen molar-refractivity contribution >= 4 is 23.5 Å². The predicted molar refractivity (Wildman–Crippen MR) is 60.7 cm³/mol. The molecule has 0 aliphatic carbocycles. The van der Waals surface area contributed by atoms with Gasteiger partial charge in [0.25, 0.3) is 11.9 Å². The summed E-state index contributed by atoms with van der Waals surface area (Å²) in [6, 6.07) is 1.61. The first-order valence-electron chi connectivity index (χ1n) is 4.74. The van der Waals surface area contributed by atoms with Crippen LogP contribution in [0.3, 0.4) is 0 Å². The van der Waals surface area contributed by atoms with Crippen LogP contribution in [0.15, 0.2) is 12.3 Å². The second kappa shape index (κ2) is 4.46. The molecular weight excluding hydrogens is 244 g/mol. The second-order valence-electron chi connectivity index (χ2n) is 3.36. The Kier molecular flexibility index (Phi) is 3.01. The first kappa shape index (κ1) is 11.5. The average molecular weight is 253 g/mol. The highest BCUT2D eigenvalue weighted by molar-refractivity contribution is 6.34. The zero-order chi connectivity index (χ0) is 12.4. The van der Waals surface area contributed by atoms with Gasteiger partial charge in [-0.1, -0.05) is 16.7 Å². The van der Waals surface area contributed by atoms with Gasteiger partial charge in [-0.15, -0.1) is 5.10 Å². The van der Waals surface area contributed by atoms with Gasteiger partial charge in [0.2, 0.25) is 0 Å². The maximum Gasteiger partial charge on any atom is 0.270 e. The van der Waals surface area contributed by atoms with Crippen LogP contribution in [0, 0.1) is 6.92 Å². The molecule has 0 fully saturated rings. The Morgan fingerprint density at radius 2 is 2.29 bits per heavy atom. The van der Waals surface area contributed by atoms with E-state index in [1.54, 1.807) is 20.0 Å². The average Bonchev–Trinajstić information content (AvgIpc) is 2.63. The van der Waals surface area contributed by atoms with Gasteiger partial charge in [0.1, 0.15) is 0 Å². The van der Waals surface area contributed by atoms with Crippen LogP contribution in [0.4, 0.5) is 5.95 Å². The normalized spacial score (nSPS) is 10.3. The number of pyridine rings is 1. The largest absolute Gasteiger partial charge is 0.288 e. The van der Waals surface area contributed by atoms with Gasteiger partial charge in [0.15, 0.2) is 0 Å². The molecule has 0 aliphatic heterocycles. The Bertz CT molecular complexity index is 566. The molecule has 0 aromatic carbocycles. The highest BCUT2D eigenvalue weighted by Crippen LogP contribution is 2.16. The van der Waals surface area contributed by atoms with Crippen molar-refractivity contribution in [2.24, 2.45) is 7.05 Å². The SMILES string of the molecule is Cc1cc(Cl)c(C(=O)Nc2nnn(C)n2)cn1. The molecule has 2 aromatic rings. The van der Waals surface area contributed by atoms with Gasteiger partial charge >= 0.3 is 0 Å². The van der Waals surface area contributed by atoms with Gasteiger partial charge in [0, 0.05) is 11.9 Å². The zero-order valence-electron chi connectivity index (χ0n) is 9.18. The summed E-state index contributed by atoms with van der Waals surface area (Å²) in [6.07, 6.45) is 1.41. The molecule has 7 nitrogen and oxygen atoms in total. The van der Waals surface area contributed by atoms with Gasteiger partial charge in [0.05, 0.1) is 17.6 Å². The predicted octanol–water partition coefficient (Wildman–Crippen LogP) is 0.819. The minimum Gasteiger partial charge on any atom is -0.288 e. The summed E-state index contributed by atoms with van der Waals surface area (Å²) >= 11 is 5.93. The maximum absolute atomic E-state index is 11.8. The molecule has 0 saturated carbocycles. The van der Waals surface area contributed by atoms with E-state index < -0.39 is 5.91 Å². The van der Waals surface area contributed by atoms with Crippen LogP contribution >= 0.6 is 11.6 Å². The molecule has 0 aliphatic rings. The highest BCUT2D eigenvalue weighted by Gasteiger charge is 2.13. The highest BCUT2D eigenvalue weighted by atomic mass is 35.5. The summed E-state index contributed by atoms with van der Waals surface area (Å²) in [7, 11) is 1.60. The van der Waals surface area contributed by atoms with Crippen LogP contribution in [0.2, 0.25) is 5.02 Å². The molecule has 2 rings (SSSR count). The summed E-state index contributed by atoms with van der Waals surface area (Å²) in [4.78, 5) is 17.0. The standard InChI is InChI=1S/C9H9ClN6O/c1-5-3-7(10)6(4-11-5)8(17)12-9-13-15-16(2)14-9/h3-4H,1-2H3,(H,12,14,17). The lowest BCUT2D eigenvalue weighted by molar-refractivity contribution is 0.102. The fraction of sp³-hybridized carbons (Fsp3) is 0.222. The molecule has 2 heterocycles. The summed E-state index contributed by atoms with van der Waals surface area (Å²) < 4.78 is 0. The van der Waals surface area contributed by atoms with E-state index in [0.29, 0.717) is 5.02 Å².